The molecule has 2 atom stereocenters. The van der Waals surface area contributed by atoms with Gasteiger partial charge in [-0.25, -0.2) is 0 Å². The second-order valence-corrected chi connectivity index (χ2v) is 6.46. The highest BCUT2D eigenvalue weighted by atomic mass is 31.2. The van der Waals surface area contributed by atoms with E-state index in [1.807, 2.05) is 0 Å². The van der Waals surface area contributed by atoms with Gasteiger partial charge in [0, 0.05) is 6.16 Å². The average Bonchev–Trinajstić information content (AvgIpc) is 2.28. The predicted octanol–water partition coefficient (Wildman–Crippen LogP) is 0.876. The SMILES string of the molecule is CCOC(=O)C1CC(CCCP(=O)(O)O)CCN1. The quantitative estimate of drug-likeness (QED) is 0.493. The number of hydrogen-bond donors (Lipinski definition) is 3. The van der Waals surface area contributed by atoms with Gasteiger partial charge in [0.05, 0.1) is 6.61 Å². The molecule has 7 heteroatoms. The van der Waals surface area contributed by atoms with Crippen molar-refractivity contribution in [3.8, 4) is 0 Å². The molecule has 1 saturated heterocycles. The van der Waals surface area contributed by atoms with E-state index in [2.05, 4.69) is 5.32 Å². The van der Waals surface area contributed by atoms with Crippen molar-refractivity contribution >= 4 is 13.6 Å². The van der Waals surface area contributed by atoms with Gasteiger partial charge < -0.3 is 19.8 Å². The lowest BCUT2D eigenvalue weighted by Gasteiger charge is -2.28. The van der Waals surface area contributed by atoms with Crippen molar-refractivity contribution in [2.75, 3.05) is 19.3 Å². The molecule has 0 aromatic heterocycles. The fraction of sp³-hybridized carbons (Fsp3) is 0.909. The summed E-state index contributed by atoms with van der Waals surface area (Å²) in [6.07, 6.45) is 2.82. The molecule has 0 spiro atoms. The second-order valence-electron chi connectivity index (χ2n) is 4.68. The maximum absolute atomic E-state index is 11.6. The lowest BCUT2D eigenvalue weighted by atomic mass is 9.89. The molecular formula is C11H22NO5P. The van der Waals surface area contributed by atoms with Gasteiger partial charge in [0.2, 0.25) is 0 Å². The summed E-state index contributed by atoms with van der Waals surface area (Å²) in [5.41, 5.74) is 0. The van der Waals surface area contributed by atoms with Gasteiger partial charge in [0.1, 0.15) is 6.04 Å². The van der Waals surface area contributed by atoms with Crippen molar-refractivity contribution in [3.63, 3.8) is 0 Å². The normalized spacial score (nSPS) is 24.8. The molecule has 1 aliphatic heterocycles. The van der Waals surface area contributed by atoms with Crippen molar-refractivity contribution in [2.24, 2.45) is 5.92 Å². The molecule has 6 nitrogen and oxygen atoms in total. The van der Waals surface area contributed by atoms with Gasteiger partial charge >= 0.3 is 13.6 Å². The van der Waals surface area contributed by atoms with E-state index in [1.165, 1.54) is 0 Å². The van der Waals surface area contributed by atoms with E-state index in [1.54, 1.807) is 6.92 Å². The van der Waals surface area contributed by atoms with Gasteiger partial charge in [-0.1, -0.05) is 0 Å². The largest absolute Gasteiger partial charge is 0.465 e. The molecule has 0 amide bonds. The van der Waals surface area contributed by atoms with Crippen molar-refractivity contribution in [3.05, 3.63) is 0 Å². The zero-order chi connectivity index (χ0) is 13.6. The molecule has 0 radical (unpaired) electrons. The molecular weight excluding hydrogens is 257 g/mol. The topological polar surface area (TPSA) is 95.9 Å². The summed E-state index contributed by atoms with van der Waals surface area (Å²) in [6, 6.07) is -0.265. The van der Waals surface area contributed by atoms with Gasteiger partial charge in [-0.3, -0.25) is 9.36 Å². The Hall–Kier alpha value is -0.420. The third-order valence-electron chi connectivity index (χ3n) is 3.15. The van der Waals surface area contributed by atoms with Gasteiger partial charge in [-0.2, -0.15) is 0 Å². The van der Waals surface area contributed by atoms with Crippen LogP contribution in [0.5, 0.6) is 0 Å². The molecule has 0 saturated carbocycles. The van der Waals surface area contributed by atoms with E-state index in [-0.39, 0.29) is 18.2 Å². The molecule has 1 heterocycles. The molecule has 3 N–H and O–H groups in total. The maximum Gasteiger partial charge on any atom is 0.325 e. The minimum absolute atomic E-state index is 0.0685. The van der Waals surface area contributed by atoms with Crippen molar-refractivity contribution in [1.82, 2.24) is 5.32 Å². The van der Waals surface area contributed by atoms with Crippen LogP contribution in [-0.2, 0) is 14.1 Å². The first-order valence-corrected chi connectivity index (χ1v) is 8.16. The molecule has 0 aromatic carbocycles. The Labute approximate surface area is 107 Å². The Morgan fingerprint density at radius 3 is 2.83 bits per heavy atom. The van der Waals surface area contributed by atoms with E-state index in [0.717, 1.165) is 19.4 Å². The Balaban J connectivity index is 2.30. The van der Waals surface area contributed by atoms with E-state index in [9.17, 15) is 9.36 Å². The molecule has 1 fully saturated rings. The van der Waals surface area contributed by atoms with Crippen LogP contribution in [0.15, 0.2) is 0 Å². The number of carbonyl (C=O) groups excluding carboxylic acids is 1. The lowest BCUT2D eigenvalue weighted by Crippen LogP contribution is -2.44. The third-order valence-corrected chi connectivity index (χ3v) is 4.04. The van der Waals surface area contributed by atoms with Gasteiger partial charge in [0.25, 0.3) is 0 Å². The van der Waals surface area contributed by atoms with Gasteiger partial charge in [0.15, 0.2) is 0 Å². The molecule has 0 bridgehead atoms. The van der Waals surface area contributed by atoms with E-state index in [0.29, 0.717) is 25.4 Å². The van der Waals surface area contributed by atoms with Crippen LogP contribution in [-0.4, -0.2) is 41.1 Å². The standard InChI is InChI=1S/C11H22NO5P/c1-2-17-11(13)10-8-9(5-6-12-10)4-3-7-18(14,15)16/h9-10,12H,2-8H2,1H3,(H2,14,15,16). The summed E-state index contributed by atoms with van der Waals surface area (Å²) in [5, 5.41) is 3.11. The minimum atomic E-state index is -3.89. The van der Waals surface area contributed by atoms with Crippen LogP contribution < -0.4 is 5.32 Å². The fourth-order valence-electron chi connectivity index (χ4n) is 2.27. The van der Waals surface area contributed by atoms with Gasteiger partial charge in [-0.15, -0.1) is 0 Å². The smallest absolute Gasteiger partial charge is 0.325 e. The highest BCUT2D eigenvalue weighted by Gasteiger charge is 2.27. The Morgan fingerprint density at radius 1 is 1.50 bits per heavy atom. The first-order chi connectivity index (χ1) is 8.42. The first kappa shape index (κ1) is 15.6. The lowest BCUT2D eigenvalue weighted by molar-refractivity contribution is -0.146. The molecule has 1 aliphatic rings. The van der Waals surface area contributed by atoms with Crippen LogP contribution >= 0.6 is 7.60 Å². The number of hydrogen-bond acceptors (Lipinski definition) is 4. The summed E-state index contributed by atoms with van der Waals surface area (Å²) in [6.45, 7) is 2.90. The van der Waals surface area contributed by atoms with E-state index < -0.39 is 7.60 Å². The molecule has 1 rings (SSSR count). The van der Waals surface area contributed by atoms with Crippen LogP contribution in [0.3, 0.4) is 0 Å². The number of rotatable bonds is 6. The Bertz CT molecular complexity index is 317. The molecule has 2 unspecified atom stereocenters. The number of nitrogens with one attached hydrogen (secondary N) is 1. The fourth-order valence-corrected chi connectivity index (χ4v) is 2.86. The summed E-state index contributed by atoms with van der Waals surface area (Å²) in [7, 11) is -3.89. The summed E-state index contributed by atoms with van der Waals surface area (Å²) >= 11 is 0. The van der Waals surface area contributed by atoms with Crippen molar-refractivity contribution in [1.29, 1.82) is 0 Å². The molecule has 18 heavy (non-hydrogen) atoms. The van der Waals surface area contributed by atoms with Crippen LogP contribution in [0.1, 0.15) is 32.6 Å². The number of piperidine rings is 1. The zero-order valence-electron chi connectivity index (χ0n) is 10.7. The summed E-state index contributed by atoms with van der Waals surface area (Å²) < 4.78 is 15.7. The number of esters is 1. The predicted molar refractivity (Wildman–Crippen MR) is 67.3 cm³/mol. The summed E-state index contributed by atoms with van der Waals surface area (Å²) in [5.74, 6) is 0.115. The Morgan fingerprint density at radius 2 is 2.22 bits per heavy atom. The van der Waals surface area contributed by atoms with Crippen LogP contribution in [0.25, 0.3) is 0 Å². The highest BCUT2D eigenvalue weighted by molar-refractivity contribution is 7.51. The van der Waals surface area contributed by atoms with E-state index in [4.69, 9.17) is 14.5 Å². The monoisotopic (exact) mass is 279 g/mol. The molecule has 0 aliphatic carbocycles. The molecule has 0 aromatic rings. The van der Waals surface area contributed by atoms with E-state index >= 15 is 0 Å². The third kappa shape index (κ3) is 5.96. The zero-order valence-corrected chi connectivity index (χ0v) is 11.6. The summed E-state index contributed by atoms with van der Waals surface area (Å²) in [4.78, 5) is 29.1. The highest BCUT2D eigenvalue weighted by Crippen LogP contribution is 2.36. The number of carbonyl (C=O) groups is 1. The van der Waals surface area contributed by atoms with Crippen molar-refractivity contribution in [2.45, 2.75) is 38.6 Å². The van der Waals surface area contributed by atoms with Crippen molar-refractivity contribution < 1.29 is 23.9 Å². The second kappa shape index (κ2) is 7.24. The maximum atomic E-state index is 11.6. The van der Waals surface area contributed by atoms with Crippen LogP contribution in [0.4, 0.5) is 0 Å². The minimum Gasteiger partial charge on any atom is -0.465 e. The van der Waals surface area contributed by atoms with Crippen LogP contribution in [0.2, 0.25) is 0 Å². The average molecular weight is 279 g/mol. The van der Waals surface area contributed by atoms with Gasteiger partial charge in [-0.05, 0) is 45.1 Å². The molecule has 106 valence electrons. The van der Waals surface area contributed by atoms with Crippen LogP contribution in [0, 0.1) is 5.92 Å². The first-order valence-electron chi connectivity index (χ1n) is 6.37. The number of ether oxygens (including phenoxy) is 1. The Kier molecular flexibility index (Phi) is 6.29.